The largest absolute Gasteiger partial charge is 0.356 e. The van der Waals surface area contributed by atoms with Gasteiger partial charge in [0, 0.05) is 31.3 Å². The number of hydrogen-bond donors (Lipinski definition) is 1. The van der Waals surface area contributed by atoms with Crippen LogP contribution in [0.3, 0.4) is 0 Å². The van der Waals surface area contributed by atoms with E-state index in [0.717, 1.165) is 23.2 Å². The number of nitrogens with one attached hydrogen (secondary N) is 1. The molecule has 0 saturated carbocycles. The minimum atomic E-state index is -0.318. The standard InChI is InChI=1S/C22H21FN4O2S2/c1-13(20(29)17-5-8-19-16(11-17)9-10-27(19)14(2)28)30-22-26-25-21(31-22)24-12-15-3-6-18(23)7-4-15/h3-8,11,13H,9-10,12H2,1-2H3,(H,24,25). The van der Waals surface area contributed by atoms with Crippen LogP contribution >= 0.6 is 23.1 Å². The highest BCUT2D eigenvalue weighted by atomic mass is 32.2. The van der Waals surface area contributed by atoms with Gasteiger partial charge in [0.2, 0.25) is 11.0 Å². The summed E-state index contributed by atoms with van der Waals surface area (Å²) in [6.07, 6.45) is 0.761. The molecular formula is C22H21FN4O2S2. The van der Waals surface area contributed by atoms with E-state index in [4.69, 9.17) is 0 Å². The SMILES string of the molecule is CC(=O)N1CCc2cc(C(=O)C(C)Sc3nnc(NCc4ccc(F)cc4)s3)ccc21. The Morgan fingerprint density at radius 3 is 2.74 bits per heavy atom. The Kier molecular flexibility index (Phi) is 6.33. The average molecular weight is 457 g/mol. The van der Waals surface area contributed by atoms with E-state index in [1.54, 1.807) is 30.0 Å². The molecule has 0 spiro atoms. The van der Waals surface area contributed by atoms with E-state index in [2.05, 4.69) is 15.5 Å². The smallest absolute Gasteiger partial charge is 0.223 e. The number of rotatable bonds is 7. The summed E-state index contributed by atoms with van der Waals surface area (Å²) in [5.41, 5.74) is 3.50. The van der Waals surface area contributed by atoms with Gasteiger partial charge in [-0.2, -0.15) is 0 Å². The quantitative estimate of drug-likeness (QED) is 0.415. The number of fused-ring (bicyclic) bond motifs is 1. The number of hydrogen-bond acceptors (Lipinski definition) is 7. The van der Waals surface area contributed by atoms with E-state index in [9.17, 15) is 14.0 Å². The fourth-order valence-corrected chi connectivity index (χ4v) is 5.40. The molecule has 6 nitrogen and oxygen atoms in total. The lowest BCUT2D eigenvalue weighted by atomic mass is 10.0. The summed E-state index contributed by atoms with van der Waals surface area (Å²) in [5.74, 6) is -0.233. The van der Waals surface area contributed by atoms with Crippen LogP contribution in [-0.2, 0) is 17.8 Å². The Morgan fingerprint density at radius 1 is 1.23 bits per heavy atom. The number of thioether (sulfide) groups is 1. The lowest BCUT2D eigenvalue weighted by Gasteiger charge is -2.15. The number of benzene rings is 2. The van der Waals surface area contributed by atoms with Gasteiger partial charge in [-0.05, 0) is 54.8 Å². The van der Waals surface area contributed by atoms with E-state index in [0.29, 0.717) is 28.1 Å². The maximum Gasteiger partial charge on any atom is 0.223 e. The molecule has 160 valence electrons. The summed E-state index contributed by atoms with van der Waals surface area (Å²) >= 11 is 2.75. The number of anilines is 2. The van der Waals surface area contributed by atoms with Crippen molar-refractivity contribution < 1.29 is 14.0 Å². The van der Waals surface area contributed by atoms with Gasteiger partial charge in [0.25, 0.3) is 0 Å². The van der Waals surface area contributed by atoms with Crippen molar-refractivity contribution in [3.63, 3.8) is 0 Å². The molecule has 1 aromatic heterocycles. The zero-order valence-corrected chi connectivity index (χ0v) is 18.7. The van der Waals surface area contributed by atoms with Crippen LogP contribution in [0.2, 0.25) is 0 Å². The average Bonchev–Trinajstić information content (AvgIpc) is 3.39. The van der Waals surface area contributed by atoms with Crippen molar-refractivity contribution in [2.75, 3.05) is 16.8 Å². The van der Waals surface area contributed by atoms with Gasteiger partial charge in [0.05, 0.1) is 5.25 Å². The Hall–Kier alpha value is -2.78. The third kappa shape index (κ3) is 4.94. The highest BCUT2D eigenvalue weighted by molar-refractivity contribution is 8.02. The van der Waals surface area contributed by atoms with Gasteiger partial charge in [0.15, 0.2) is 10.1 Å². The van der Waals surface area contributed by atoms with Gasteiger partial charge < -0.3 is 10.2 Å². The van der Waals surface area contributed by atoms with Gasteiger partial charge in [0.1, 0.15) is 5.82 Å². The van der Waals surface area contributed by atoms with Crippen molar-refractivity contribution in [2.45, 2.75) is 36.4 Å². The van der Waals surface area contributed by atoms with Crippen molar-refractivity contribution >= 4 is 45.6 Å². The normalized spacial score (nSPS) is 13.7. The van der Waals surface area contributed by atoms with E-state index < -0.39 is 0 Å². The molecule has 1 atom stereocenters. The summed E-state index contributed by atoms with van der Waals surface area (Å²) in [6, 6.07) is 11.8. The third-order valence-electron chi connectivity index (χ3n) is 5.05. The second-order valence-electron chi connectivity index (χ2n) is 7.24. The van der Waals surface area contributed by atoms with Crippen LogP contribution in [0, 0.1) is 5.82 Å². The van der Waals surface area contributed by atoms with E-state index in [1.165, 1.54) is 35.2 Å². The third-order valence-corrected chi connectivity index (χ3v) is 7.12. The molecule has 4 rings (SSSR count). The molecule has 1 aliphatic rings. The molecule has 0 aliphatic carbocycles. The molecule has 2 heterocycles. The predicted octanol–water partition coefficient (Wildman–Crippen LogP) is 4.56. The van der Waals surface area contributed by atoms with Crippen molar-refractivity contribution in [3.05, 3.63) is 65.0 Å². The molecule has 1 N–H and O–H groups in total. The number of ketones is 1. The summed E-state index contributed by atoms with van der Waals surface area (Å²) in [6.45, 7) is 4.58. The number of nitrogens with zero attached hydrogens (tertiary/aromatic N) is 3. The van der Waals surface area contributed by atoms with Crippen LogP contribution in [-0.4, -0.2) is 33.7 Å². The number of aromatic nitrogens is 2. The molecule has 0 fully saturated rings. The Balaban J connectivity index is 1.36. The van der Waals surface area contributed by atoms with Gasteiger partial charge >= 0.3 is 0 Å². The highest BCUT2D eigenvalue weighted by Crippen LogP contribution is 2.33. The predicted molar refractivity (Wildman–Crippen MR) is 121 cm³/mol. The van der Waals surface area contributed by atoms with Crippen LogP contribution in [0.25, 0.3) is 0 Å². The van der Waals surface area contributed by atoms with Gasteiger partial charge in [-0.3, -0.25) is 9.59 Å². The molecule has 2 aromatic carbocycles. The maximum atomic E-state index is 13.0. The Labute approximate surface area is 187 Å². The summed E-state index contributed by atoms with van der Waals surface area (Å²) < 4.78 is 13.7. The summed E-state index contributed by atoms with van der Waals surface area (Å²) in [4.78, 5) is 26.4. The fourth-order valence-electron chi connectivity index (χ4n) is 3.43. The monoisotopic (exact) mass is 456 g/mol. The molecule has 1 amide bonds. The second kappa shape index (κ2) is 9.15. The van der Waals surface area contributed by atoms with E-state index in [-0.39, 0.29) is 22.8 Å². The van der Waals surface area contributed by atoms with Crippen LogP contribution in [0.5, 0.6) is 0 Å². The lowest BCUT2D eigenvalue weighted by molar-refractivity contribution is -0.116. The van der Waals surface area contributed by atoms with Gasteiger partial charge in [-0.15, -0.1) is 10.2 Å². The maximum absolute atomic E-state index is 13.0. The number of carbonyl (C=O) groups excluding carboxylic acids is 2. The Bertz CT molecular complexity index is 1120. The molecule has 0 saturated heterocycles. The summed E-state index contributed by atoms with van der Waals surface area (Å²) in [5, 5.41) is 11.8. The van der Waals surface area contributed by atoms with Crippen molar-refractivity contribution in [1.82, 2.24) is 10.2 Å². The van der Waals surface area contributed by atoms with Gasteiger partial charge in [-0.25, -0.2) is 4.39 Å². The first-order chi connectivity index (χ1) is 14.9. The van der Waals surface area contributed by atoms with E-state index >= 15 is 0 Å². The van der Waals surface area contributed by atoms with Crippen molar-refractivity contribution in [2.24, 2.45) is 0 Å². The number of amides is 1. The molecule has 1 aliphatic heterocycles. The van der Waals surface area contributed by atoms with Crippen LogP contribution in [0.1, 0.15) is 35.3 Å². The highest BCUT2D eigenvalue weighted by Gasteiger charge is 2.25. The fraction of sp³-hybridized carbons (Fsp3) is 0.273. The number of Topliss-reactive ketones (excluding diaryl/α,β-unsaturated/α-hetero) is 1. The number of carbonyl (C=O) groups is 2. The van der Waals surface area contributed by atoms with Crippen LogP contribution < -0.4 is 10.2 Å². The van der Waals surface area contributed by atoms with Crippen molar-refractivity contribution in [3.8, 4) is 0 Å². The van der Waals surface area contributed by atoms with Crippen molar-refractivity contribution in [1.29, 1.82) is 0 Å². The lowest BCUT2D eigenvalue weighted by Crippen LogP contribution is -2.25. The zero-order chi connectivity index (χ0) is 22.0. The topological polar surface area (TPSA) is 75.2 Å². The summed E-state index contributed by atoms with van der Waals surface area (Å²) in [7, 11) is 0. The minimum Gasteiger partial charge on any atom is -0.356 e. The van der Waals surface area contributed by atoms with Crippen LogP contribution in [0.15, 0.2) is 46.8 Å². The first-order valence-electron chi connectivity index (χ1n) is 9.84. The van der Waals surface area contributed by atoms with Crippen LogP contribution in [0.4, 0.5) is 15.2 Å². The Morgan fingerprint density at radius 2 is 2.00 bits per heavy atom. The number of halogens is 1. The molecule has 3 aromatic rings. The second-order valence-corrected chi connectivity index (χ2v) is 9.81. The molecule has 9 heteroatoms. The molecule has 0 bridgehead atoms. The molecule has 0 radical (unpaired) electrons. The molecule has 31 heavy (non-hydrogen) atoms. The molecule has 1 unspecified atom stereocenters. The first kappa shape index (κ1) is 21.5. The zero-order valence-electron chi connectivity index (χ0n) is 17.1. The first-order valence-corrected chi connectivity index (χ1v) is 11.5. The molecular weight excluding hydrogens is 435 g/mol. The minimum absolute atomic E-state index is 0.0156. The van der Waals surface area contributed by atoms with Gasteiger partial charge in [-0.1, -0.05) is 35.2 Å². The van der Waals surface area contributed by atoms with E-state index in [1.807, 2.05) is 19.1 Å².